The van der Waals surface area contributed by atoms with Crippen molar-refractivity contribution in [1.82, 2.24) is 10.2 Å². The van der Waals surface area contributed by atoms with Crippen LogP contribution in [0.15, 0.2) is 76.4 Å². The first kappa shape index (κ1) is 20.9. The van der Waals surface area contributed by atoms with Gasteiger partial charge in [0.05, 0.1) is 5.75 Å². The van der Waals surface area contributed by atoms with E-state index < -0.39 is 0 Å². The van der Waals surface area contributed by atoms with E-state index in [-0.39, 0.29) is 11.7 Å². The third kappa shape index (κ3) is 5.06. The monoisotopic (exact) mass is 432 g/mol. The maximum atomic E-state index is 12.3. The molecule has 0 atom stereocenters. The van der Waals surface area contributed by atoms with Crippen molar-refractivity contribution in [2.45, 2.75) is 19.1 Å². The van der Waals surface area contributed by atoms with E-state index in [0.717, 1.165) is 40.8 Å². The Hall–Kier alpha value is -3.32. The number of hydrogen-bond donors (Lipinski definition) is 1. The number of amides is 1. The van der Waals surface area contributed by atoms with E-state index in [1.807, 2.05) is 60.7 Å². The van der Waals surface area contributed by atoms with Gasteiger partial charge in [-0.25, -0.2) is 0 Å². The average molecular weight is 433 g/mol. The number of fused-ring (bicyclic) bond motifs is 1. The van der Waals surface area contributed by atoms with E-state index in [0.29, 0.717) is 11.1 Å². The largest absolute Gasteiger partial charge is 0.411 e. The molecule has 0 saturated carbocycles. The molecule has 4 aromatic rings. The Bertz CT molecular complexity index is 1170. The fourth-order valence-corrected chi connectivity index (χ4v) is 3.94. The molecular weight excluding hydrogens is 408 g/mol. The van der Waals surface area contributed by atoms with Crippen LogP contribution in [0.25, 0.3) is 22.2 Å². The Morgan fingerprint density at radius 1 is 0.968 bits per heavy atom. The molecule has 1 heterocycles. The molecule has 0 saturated heterocycles. The van der Waals surface area contributed by atoms with Crippen LogP contribution >= 0.6 is 11.8 Å². The van der Waals surface area contributed by atoms with Crippen LogP contribution in [0, 0.1) is 0 Å². The molecular formula is C24H24N4O2S. The molecule has 0 aliphatic rings. The van der Waals surface area contributed by atoms with Gasteiger partial charge in [0.1, 0.15) is 0 Å². The summed E-state index contributed by atoms with van der Waals surface area (Å²) >= 11 is 1.22. The maximum Gasteiger partial charge on any atom is 0.277 e. The summed E-state index contributed by atoms with van der Waals surface area (Å²) in [6.45, 7) is 6.15. The Morgan fingerprint density at radius 2 is 1.71 bits per heavy atom. The van der Waals surface area contributed by atoms with Crippen molar-refractivity contribution in [2.24, 2.45) is 0 Å². The van der Waals surface area contributed by atoms with Gasteiger partial charge in [-0.3, -0.25) is 4.79 Å². The molecule has 0 spiro atoms. The number of rotatable bonds is 8. The highest BCUT2D eigenvalue weighted by Crippen LogP contribution is 2.26. The van der Waals surface area contributed by atoms with E-state index in [2.05, 4.69) is 40.3 Å². The standard InChI is InChI=1S/C24H24N4O2S/c1-3-28(4-2)21-13-11-20(12-14-21)25-22(29)16-31-24-27-26-23(30-24)19-10-9-17-7-5-6-8-18(17)15-19/h5-15H,3-4,16H2,1-2H3,(H,25,29). The second-order valence-electron chi connectivity index (χ2n) is 6.99. The van der Waals surface area contributed by atoms with Gasteiger partial charge in [0.2, 0.25) is 11.8 Å². The number of nitrogens with one attached hydrogen (secondary N) is 1. The third-order valence-corrected chi connectivity index (χ3v) is 5.83. The van der Waals surface area contributed by atoms with Crippen molar-refractivity contribution in [2.75, 3.05) is 29.1 Å². The van der Waals surface area contributed by atoms with Crippen LogP contribution in [-0.2, 0) is 4.79 Å². The zero-order valence-electron chi connectivity index (χ0n) is 17.5. The topological polar surface area (TPSA) is 71.3 Å². The van der Waals surface area contributed by atoms with Gasteiger partial charge in [0.25, 0.3) is 5.22 Å². The van der Waals surface area contributed by atoms with Crippen molar-refractivity contribution in [1.29, 1.82) is 0 Å². The van der Waals surface area contributed by atoms with Crippen LogP contribution in [0.3, 0.4) is 0 Å². The highest BCUT2D eigenvalue weighted by molar-refractivity contribution is 7.99. The molecule has 4 rings (SSSR count). The molecule has 0 fully saturated rings. The first-order chi connectivity index (χ1) is 15.2. The van der Waals surface area contributed by atoms with Gasteiger partial charge in [-0.1, -0.05) is 42.1 Å². The lowest BCUT2D eigenvalue weighted by Gasteiger charge is -2.21. The normalized spacial score (nSPS) is 10.9. The van der Waals surface area contributed by atoms with Crippen molar-refractivity contribution < 1.29 is 9.21 Å². The molecule has 3 aromatic carbocycles. The molecule has 31 heavy (non-hydrogen) atoms. The molecule has 0 unspecified atom stereocenters. The summed E-state index contributed by atoms with van der Waals surface area (Å²) in [6.07, 6.45) is 0. The van der Waals surface area contributed by atoms with E-state index in [4.69, 9.17) is 4.42 Å². The van der Waals surface area contributed by atoms with Crippen molar-refractivity contribution >= 4 is 39.8 Å². The molecule has 0 aliphatic heterocycles. The number of nitrogens with zero attached hydrogens (tertiary/aromatic N) is 3. The molecule has 1 aromatic heterocycles. The van der Waals surface area contributed by atoms with Crippen LogP contribution in [0.1, 0.15) is 13.8 Å². The van der Waals surface area contributed by atoms with E-state index in [1.54, 1.807) is 0 Å². The zero-order valence-corrected chi connectivity index (χ0v) is 18.4. The van der Waals surface area contributed by atoms with E-state index in [9.17, 15) is 4.79 Å². The van der Waals surface area contributed by atoms with Crippen molar-refractivity contribution in [3.8, 4) is 11.5 Å². The summed E-state index contributed by atoms with van der Waals surface area (Å²) in [5.74, 6) is 0.517. The lowest BCUT2D eigenvalue weighted by molar-refractivity contribution is -0.113. The predicted molar refractivity (Wildman–Crippen MR) is 127 cm³/mol. The van der Waals surface area contributed by atoms with Crippen molar-refractivity contribution in [3.63, 3.8) is 0 Å². The summed E-state index contributed by atoms with van der Waals surface area (Å²) in [4.78, 5) is 14.6. The van der Waals surface area contributed by atoms with Gasteiger partial charge in [0, 0.05) is 30.0 Å². The average Bonchev–Trinajstić information content (AvgIpc) is 3.28. The molecule has 0 bridgehead atoms. The Morgan fingerprint density at radius 3 is 2.45 bits per heavy atom. The summed E-state index contributed by atoms with van der Waals surface area (Å²) in [5, 5.41) is 13.7. The van der Waals surface area contributed by atoms with Crippen LogP contribution in [0.5, 0.6) is 0 Å². The molecule has 7 heteroatoms. The van der Waals surface area contributed by atoms with Crippen LogP contribution in [0.4, 0.5) is 11.4 Å². The first-order valence-corrected chi connectivity index (χ1v) is 11.2. The summed E-state index contributed by atoms with van der Waals surface area (Å²) in [6, 6.07) is 22.0. The number of carbonyl (C=O) groups is 1. The Kier molecular flexibility index (Phi) is 6.52. The number of thioether (sulfide) groups is 1. The number of carbonyl (C=O) groups excluding carboxylic acids is 1. The number of anilines is 2. The Balaban J connectivity index is 1.34. The van der Waals surface area contributed by atoms with Crippen LogP contribution < -0.4 is 10.2 Å². The third-order valence-electron chi connectivity index (χ3n) is 5.01. The molecule has 6 nitrogen and oxygen atoms in total. The Labute approximate surface area is 185 Å². The molecule has 158 valence electrons. The molecule has 0 radical (unpaired) electrons. The van der Waals surface area contributed by atoms with E-state index >= 15 is 0 Å². The van der Waals surface area contributed by atoms with Gasteiger partial charge in [0.15, 0.2) is 0 Å². The molecule has 1 N–H and O–H groups in total. The van der Waals surface area contributed by atoms with Crippen LogP contribution in [-0.4, -0.2) is 34.9 Å². The minimum atomic E-state index is -0.119. The quantitative estimate of drug-likeness (QED) is 0.373. The maximum absolute atomic E-state index is 12.3. The number of hydrogen-bond acceptors (Lipinski definition) is 6. The fraction of sp³-hybridized carbons (Fsp3) is 0.208. The molecule has 0 aliphatic carbocycles. The summed E-state index contributed by atoms with van der Waals surface area (Å²) < 4.78 is 5.74. The van der Waals surface area contributed by atoms with E-state index in [1.165, 1.54) is 11.8 Å². The second kappa shape index (κ2) is 9.66. The smallest absolute Gasteiger partial charge is 0.277 e. The zero-order chi connectivity index (χ0) is 21.6. The van der Waals surface area contributed by atoms with Crippen LogP contribution in [0.2, 0.25) is 0 Å². The highest BCUT2D eigenvalue weighted by Gasteiger charge is 2.12. The van der Waals surface area contributed by atoms with Gasteiger partial charge in [-0.2, -0.15) is 0 Å². The summed E-state index contributed by atoms with van der Waals surface area (Å²) in [5.41, 5.74) is 2.77. The van der Waals surface area contributed by atoms with Crippen molar-refractivity contribution in [3.05, 3.63) is 66.7 Å². The lowest BCUT2D eigenvalue weighted by atomic mass is 10.1. The summed E-state index contributed by atoms with van der Waals surface area (Å²) in [7, 11) is 0. The lowest BCUT2D eigenvalue weighted by Crippen LogP contribution is -2.21. The number of aromatic nitrogens is 2. The SMILES string of the molecule is CCN(CC)c1ccc(NC(=O)CSc2nnc(-c3ccc4ccccc4c3)o2)cc1. The minimum absolute atomic E-state index is 0.119. The minimum Gasteiger partial charge on any atom is -0.411 e. The molecule has 1 amide bonds. The predicted octanol–water partition coefficient (Wildman–Crippen LogP) is 5.47. The second-order valence-corrected chi connectivity index (χ2v) is 7.92. The van der Waals surface area contributed by atoms with Gasteiger partial charge in [-0.15, -0.1) is 10.2 Å². The van der Waals surface area contributed by atoms with Gasteiger partial charge < -0.3 is 14.6 Å². The number of benzene rings is 3. The fourth-order valence-electron chi connectivity index (χ4n) is 3.38. The van der Waals surface area contributed by atoms with Gasteiger partial charge >= 0.3 is 0 Å². The first-order valence-electron chi connectivity index (χ1n) is 10.3. The highest BCUT2D eigenvalue weighted by atomic mass is 32.2. The van der Waals surface area contributed by atoms with Gasteiger partial charge in [-0.05, 0) is 61.0 Å².